The van der Waals surface area contributed by atoms with Crippen molar-refractivity contribution >= 4 is 11.8 Å². The number of thioether (sulfide) groups is 1. The van der Waals surface area contributed by atoms with E-state index < -0.39 is 0 Å². The fourth-order valence-electron chi connectivity index (χ4n) is 5.19. The monoisotopic (exact) mass is 596 g/mol. The van der Waals surface area contributed by atoms with E-state index in [2.05, 4.69) is 92.9 Å². The molecule has 0 saturated heterocycles. The lowest BCUT2D eigenvalue weighted by molar-refractivity contribution is 0.602. The molecule has 0 aliphatic heterocycles. The normalized spacial score (nSPS) is 11.0. The van der Waals surface area contributed by atoms with E-state index in [-0.39, 0.29) is 0 Å². The molecule has 0 spiro atoms. The molecule has 218 valence electrons. The maximum atomic E-state index is 9.46. The number of tetrazole rings is 1. The Labute approximate surface area is 261 Å². The molecule has 2 aromatic heterocycles. The number of rotatable bonds is 12. The molecule has 1 N–H and O–H groups in total. The second-order valence-electron chi connectivity index (χ2n) is 10.5. The molecule has 0 atom stereocenters. The Morgan fingerprint density at radius 1 is 0.795 bits per heavy atom. The predicted octanol–water partition coefficient (Wildman–Crippen LogP) is 7.74. The molecule has 2 heterocycles. The zero-order chi connectivity index (χ0) is 30.1. The van der Waals surface area contributed by atoms with Crippen molar-refractivity contribution in [2.75, 3.05) is 0 Å². The molecule has 44 heavy (non-hydrogen) atoms. The van der Waals surface area contributed by atoms with Gasteiger partial charge in [-0.2, -0.15) is 10.5 Å². The minimum atomic E-state index is 0.578. The van der Waals surface area contributed by atoms with Gasteiger partial charge in [0.2, 0.25) is 11.0 Å². The van der Waals surface area contributed by atoms with Crippen LogP contribution in [-0.4, -0.2) is 35.4 Å². The molecular formula is C35H32N8S. The minimum absolute atomic E-state index is 0.578. The third-order valence-corrected chi connectivity index (χ3v) is 8.43. The SMILES string of the molecule is CCCCCc1nc(SCc2ccc(-c3ccccc3C#N)cc2)nn1Cc1ccc(-c2ccccc2-c2nn[nH]n2)cc1. The van der Waals surface area contributed by atoms with E-state index in [1.165, 1.54) is 12.0 Å². The van der Waals surface area contributed by atoms with Gasteiger partial charge in [0.1, 0.15) is 5.82 Å². The van der Waals surface area contributed by atoms with Crippen molar-refractivity contribution in [3.63, 3.8) is 0 Å². The van der Waals surface area contributed by atoms with Crippen molar-refractivity contribution in [3.8, 4) is 39.7 Å². The lowest BCUT2D eigenvalue weighted by atomic mass is 9.98. The van der Waals surface area contributed by atoms with Gasteiger partial charge < -0.3 is 0 Å². The van der Waals surface area contributed by atoms with Crippen LogP contribution in [0, 0.1) is 11.3 Å². The summed E-state index contributed by atoms with van der Waals surface area (Å²) in [5.41, 5.74) is 8.12. The van der Waals surface area contributed by atoms with Gasteiger partial charge in [0, 0.05) is 17.7 Å². The summed E-state index contributed by atoms with van der Waals surface area (Å²) in [5, 5.41) is 29.8. The predicted molar refractivity (Wildman–Crippen MR) is 174 cm³/mol. The zero-order valence-corrected chi connectivity index (χ0v) is 25.3. The molecule has 0 aliphatic rings. The Morgan fingerprint density at radius 2 is 1.48 bits per heavy atom. The van der Waals surface area contributed by atoms with E-state index in [9.17, 15) is 5.26 Å². The van der Waals surface area contributed by atoms with Crippen LogP contribution in [0.15, 0.2) is 102 Å². The van der Waals surface area contributed by atoms with Crippen LogP contribution in [0.2, 0.25) is 0 Å². The zero-order valence-electron chi connectivity index (χ0n) is 24.5. The first-order chi connectivity index (χ1) is 21.7. The number of H-pyrrole nitrogens is 1. The number of aromatic nitrogens is 7. The molecule has 0 unspecified atom stereocenters. The highest BCUT2D eigenvalue weighted by molar-refractivity contribution is 7.98. The second kappa shape index (κ2) is 13.9. The molecule has 0 amide bonds. The van der Waals surface area contributed by atoms with Crippen LogP contribution in [0.5, 0.6) is 0 Å². The molecule has 0 bridgehead atoms. The maximum absolute atomic E-state index is 9.46. The van der Waals surface area contributed by atoms with Gasteiger partial charge in [-0.1, -0.05) is 123 Å². The lowest BCUT2D eigenvalue weighted by Crippen LogP contribution is -2.07. The number of aryl methyl sites for hydroxylation is 1. The molecule has 0 saturated carbocycles. The first kappa shape index (κ1) is 29.0. The quantitative estimate of drug-likeness (QED) is 0.114. The van der Waals surface area contributed by atoms with E-state index >= 15 is 0 Å². The summed E-state index contributed by atoms with van der Waals surface area (Å²) >= 11 is 1.65. The van der Waals surface area contributed by atoms with Crippen LogP contribution in [0.1, 0.15) is 48.7 Å². The van der Waals surface area contributed by atoms with Crippen LogP contribution in [0.4, 0.5) is 0 Å². The van der Waals surface area contributed by atoms with Gasteiger partial charge in [0.05, 0.1) is 18.2 Å². The molecule has 4 aromatic carbocycles. The van der Waals surface area contributed by atoms with Crippen LogP contribution in [-0.2, 0) is 18.7 Å². The number of aromatic amines is 1. The van der Waals surface area contributed by atoms with Gasteiger partial charge in [0.15, 0.2) is 0 Å². The van der Waals surface area contributed by atoms with Gasteiger partial charge in [0.25, 0.3) is 0 Å². The molecule has 6 rings (SSSR count). The number of hydrogen-bond donors (Lipinski definition) is 1. The van der Waals surface area contributed by atoms with Gasteiger partial charge >= 0.3 is 0 Å². The van der Waals surface area contributed by atoms with Gasteiger partial charge in [-0.15, -0.1) is 15.3 Å². The Bertz CT molecular complexity index is 1850. The molecule has 9 heteroatoms. The Kier molecular flexibility index (Phi) is 9.19. The average Bonchev–Trinajstić information content (AvgIpc) is 3.75. The Morgan fingerprint density at radius 3 is 2.18 bits per heavy atom. The fraction of sp³-hybridized carbons (Fsp3) is 0.200. The van der Waals surface area contributed by atoms with Gasteiger partial charge in [-0.05, 0) is 51.1 Å². The number of nitrogens with zero attached hydrogens (tertiary/aromatic N) is 7. The molecule has 0 radical (unpaired) electrons. The number of benzene rings is 4. The van der Waals surface area contributed by atoms with E-state index in [1.807, 2.05) is 42.5 Å². The van der Waals surface area contributed by atoms with E-state index in [1.54, 1.807) is 11.8 Å². The van der Waals surface area contributed by atoms with Gasteiger partial charge in [-0.3, -0.25) is 0 Å². The van der Waals surface area contributed by atoms with Crippen LogP contribution in [0.3, 0.4) is 0 Å². The largest absolute Gasteiger partial charge is 0.244 e. The van der Waals surface area contributed by atoms with Crippen molar-refractivity contribution in [1.29, 1.82) is 5.26 Å². The van der Waals surface area contributed by atoms with Crippen LogP contribution < -0.4 is 0 Å². The topological polar surface area (TPSA) is 109 Å². The minimum Gasteiger partial charge on any atom is -0.244 e. The van der Waals surface area contributed by atoms with Crippen molar-refractivity contribution in [2.45, 2.75) is 50.1 Å². The number of nitriles is 1. The van der Waals surface area contributed by atoms with Crippen molar-refractivity contribution in [2.24, 2.45) is 0 Å². The number of nitrogens with one attached hydrogen (secondary N) is 1. The standard InChI is InChI=1S/C35H32N8S/c1-2-3-4-13-33-37-35(44-24-26-16-20-27(21-17-26)30-10-6-5-9-29(30)22-36)40-43(33)23-25-14-18-28(19-15-25)31-11-7-8-12-32(31)34-38-41-42-39-34/h5-12,14-21H,2-4,13,23-24H2,1H3,(H,38,39,41,42). The van der Waals surface area contributed by atoms with Crippen molar-refractivity contribution in [1.82, 2.24) is 35.4 Å². The molecular weight excluding hydrogens is 565 g/mol. The summed E-state index contributed by atoms with van der Waals surface area (Å²) in [7, 11) is 0. The third-order valence-electron chi connectivity index (χ3n) is 7.52. The summed E-state index contributed by atoms with van der Waals surface area (Å²) in [6.45, 7) is 2.88. The number of unbranched alkanes of at least 4 members (excludes halogenated alkanes) is 2. The molecule has 6 aromatic rings. The van der Waals surface area contributed by atoms with E-state index in [0.29, 0.717) is 17.9 Å². The summed E-state index contributed by atoms with van der Waals surface area (Å²) in [5.74, 6) is 2.37. The molecule has 0 fully saturated rings. The average molecular weight is 597 g/mol. The summed E-state index contributed by atoms with van der Waals surface area (Å²) < 4.78 is 2.06. The highest BCUT2D eigenvalue weighted by Gasteiger charge is 2.14. The van der Waals surface area contributed by atoms with Crippen LogP contribution >= 0.6 is 11.8 Å². The summed E-state index contributed by atoms with van der Waals surface area (Å²) in [6, 6.07) is 35.0. The highest BCUT2D eigenvalue weighted by atomic mass is 32.2. The lowest BCUT2D eigenvalue weighted by Gasteiger charge is -2.09. The smallest absolute Gasteiger partial charge is 0.209 e. The second-order valence-corrected chi connectivity index (χ2v) is 11.5. The fourth-order valence-corrected chi connectivity index (χ4v) is 6.00. The Hall–Kier alpha value is -5.07. The van der Waals surface area contributed by atoms with Crippen molar-refractivity contribution < 1.29 is 0 Å². The highest BCUT2D eigenvalue weighted by Crippen LogP contribution is 2.30. The Balaban J connectivity index is 1.16. The van der Waals surface area contributed by atoms with Crippen LogP contribution in [0.25, 0.3) is 33.6 Å². The molecule has 0 aliphatic carbocycles. The third kappa shape index (κ3) is 6.77. The maximum Gasteiger partial charge on any atom is 0.209 e. The number of hydrogen-bond acceptors (Lipinski definition) is 7. The summed E-state index contributed by atoms with van der Waals surface area (Å²) in [6.07, 6.45) is 4.34. The molecule has 8 nitrogen and oxygen atoms in total. The first-order valence-electron chi connectivity index (χ1n) is 14.8. The van der Waals surface area contributed by atoms with E-state index in [4.69, 9.17) is 10.1 Å². The van der Waals surface area contributed by atoms with Gasteiger partial charge in [-0.25, -0.2) is 9.67 Å². The van der Waals surface area contributed by atoms with Crippen molar-refractivity contribution in [3.05, 3.63) is 120 Å². The van der Waals surface area contributed by atoms with E-state index in [0.717, 1.165) is 69.4 Å². The summed E-state index contributed by atoms with van der Waals surface area (Å²) in [4.78, 5) is 4.94. The first-order valence-corrected chi connectivity index (χ1v) is 15.8.